The Bertz CT molecular complexity index is 614. The van der Waals surface area contributed by atoms with Crippen LogP contribution in [-0.2, 0) is 4.79 Å². The molecule has 3 unspecified atom stereocenters. The van der Waals surface area contributed by atoms with Crippen LogP contribution in [-0.4, -0.2) is 5.78 Å². The number of rotatable bonds is 0. The topological polar surface area (TPSA) is 40.9 Å². The number of ketones is 1. The summed E-state index contributed by atoms with van der Waals surface area (Å²) >= 11 is 0. The highest BCUT2D eigenvalue weighted by atomic mass is 16.1. The fourth-order valence-corrected chi connectivity index (χ4v) is 7.15. The number of fused-ring (bicyclic) bond motifs is 5. The lowest BCUT2D eigenvalue weighted by molar-refractivity contribution is -0.120. The minimum atomic E-state index is 0.225. The van der Waals surface area contributed by atoms with Crippen molar-refractivity contribution in [1.29, 1.82) is 5.26 Å². The molecular weight excluding hydrogens is 306 g/mol. The van der Waals surface area contributed by atoms with E-state index >= 15 is 0 Å². The highest BCUT2D eigenvalue weighted by Crippen LogP contribution is 2.67. The normalized spacial score (nSPS) is 48.1. The van der Waals surface area contributed by atoms with E-state index in [2.05, 4.69) is 26.8 Å². The average Bonchev–Trinajstić information content (AvgIpc) is 2.94. The van der Waals surface area contributed by atoms with E-state index < -0.39 is 0 Å². The first-order chi connectivity index (χ1) is 11.9. The van der Waals surface area contributed by atoms with Crippen LogP contribution in [0, 0.1) is 51.8 Å². The van der Waals surface area contributed by atoms with Gasteiger partial charge in [0.25, 0.3) is 0 Å². The highest BCUT2D eigenvalue weighted by Gasteiger charge is 2.60. The fourth-order valence-electron chi connectivity index (χ4n) is 7.15. The molecule has 0 aromatic carbocycles. The average molecular weight is 342 g/mol. The lowest BCUT2D eigenvalue weighted by Gasteiger charge is -2.59. The second-order valence-corrected chi connectivity index (χ2v) is 9.24. The Morgan fingerprint density at radius 3 is 2.52 bits per heavy atom. The van der Waals surface area contributed by atoms with E-state index in [1.165, 1.54) is 31.3 Å². The van der Waals surface area contributed by atoms with Gasteiger partial charge in [-0.3, -0.25) is 4.79 Å². The second-order valence-electron chi connectivity index (χ2n) is 9.24. The number of allylic oxidation sites excluding steroid dienone is 1. The van der Waals surface area contributed by atoms with Crippen molar-refractivity contribution < 1.29 is 4.79 Å². The fraction of sp³-hybridized carbons (Fsp3) is 0.826. The molecule has 138 valence electrons. The number of carbonyl (C=O) groups is 1. The molecule has 0 aromatic rings. The number of nitrogens with zero attached hydrogens (tertiary/aromatic N) is 1. The Kier molecular flexibility index (Phi) is 4.91. The Hall–Kier alpha value is -1.10. The Labute approximate surface area is 154 Å². The van der Waals surface area contributed by atoms with Crippen LogP contribution in [0.1, 0.15) is 79.6 Å². The van der Waals surface area contributed by atoms with Gasteiger partial charge in [-0.05, 0) is 79.1 Å². The summed E-state index contributed by atoms with van der Waals surface area (Å²) in [6.07, 6.45) is 9.89. The third-order valence-corrected chi connectivity index (χ3v) is 8.67. The molecule has 2 nitrogen and oxygen atoms in total. The minimum absolute atomic E-state index is 0.225. The van der Waals surface area contributed by atoms with Gasteiger partial charge in [-0.15, -0.1) is 0 Å². The van der Waals surface area contributed by atoms with Gasteiger partial charge in [0.05, 0.1) is 12.0 Å². The zero-order valence-corrected chi connectivity index (χ0v) is 16.8. The lowest BCUT2D eigenvalue weighted by atomic mass is 9.45. The van der Waals surface area contributed by atoms with E-state index in [9.17, 15) is 10.1 Å². The Morgan fingerprint density at radius 2 is 1.84 bits per heavy atom. The van der Waals surface area contributed by atoms with Gasteiger partial charge in [0.15, 0.2) is 5.78 Å². The molecule has 25 heavy (non-hydrogen) atoms. The van der Waals surface area contributed by atoms with Gasteiger partial charge >= 0.3 is 0 Å². The van der Waals surface area contributed by atoms with E-state index in [1.54, 1.807) is 0 Å². The van der Waals surface area contributed by atoms with Crippen LogP contribution < -0.4 is 0 Å². The summed E-state index contributed by atoms with van der Waals surface area (Å²) in [6, 6.07) is 2.62. The SMILES string of the molecule is CC.C[C@H]1CC(=O)C=C2CCC3C4CC[C@H](C#N)[C@@]4(C)CCC3[C@]21C. The summed E-state index contributed by atoms with van der Waals surface area (Å²) in [6.45, 7) is 11.1. The van der Waals surface area contributed by atoms with Crippen molar-refractivity contribution in [3.05, 3.63) is 11.6 Å². The molecule has 0 bridgehead atoms. The first kappa shape index (κ1) is 18.7. The molecule has 7 atom stereocenters. The molecule has 0 saturated heterocycles. The maximum absolute atomic E-state index is 12.0. The van der Waals surface area contributed by atoms with E-state index in [4.69, 9.17) is 0 Å². The molecule has 0 heterocycles. The van der Waals surface area contributed by atoms with E-state index in [-0.39, 0.29) is 16.7 Å². The quantitative estimate of drug-likeness (QED) is 0.548. The van der Waals surface area contributed by atoms with Crippen molar-refractivity contribution in [3.63, 3.8) is 0 Å². The molecule has 3 fully saturated rings. The molecule has 0 aromatic heterocycles. The van der Waals surface area contributed by atoms with E-state index in [1.807, 2.05) is 19.9 Å². The van der Waals surface area contributed by atoms with Crippen molar-refractivity contribution in [3.8, 4) is 6.07 Å². The third kappa shape index (κ3) is 2.53. The smallest absolute Gasteiger partial charge is 0.155 e. The molecule has 0 radical (unpaired) electrons. The Balaban J connectivity index is 0.000000880. The van der Waals surface area contributed by atoms with Crippen LogP contribution in [0.2, 0.25) is 0 Å². The first-order valence-electron chi connectivity index (χ1n) is 10.5. The third-order valence-electron chi connectivity index (χ3n) is 8.67. The van der Waals surface area contributed by atoms with Crippen LogP contribution in [0.15, 0.2) is 11.6 Å². The van der Waals surface area contributed by atoms with Crippen LogP contribution in [0.5, 0.6) is 0 Å². The van der Waals surface area contributed by atoms with Gasteiger partial charge in [-0.2, -0.15) is 5.26 Å². The molecule has 4 aliphatic rings. The second kappa shape index (κ2) is 6.57. The van der Waals surface area contributed by atoms with E-state index in [0.29, 0.717) is 11.7 Å². The van der Waals surface area contributed by atoms with Crippen molar-refractivity contribution >= 4 is 5.78 Å². The number of hydrogen-bond acceptors (Lipinski definition) is 2. The van der Waals surface area contributed by atoms with Crippen LogP contribution in [0.3, 0.4) is 0 Å². The van der Waals surface area contributed by atoms with Crippen LogP contribution in [0.4, 0.5) is 0 Å². The van der Waals surface area contributed by atoms with Crippen molar-refractivity contribution in [1.82, 2.24) is 0 Å². The molecule has 0 amide bonds. The standard InChI is InChI=1S/C21H29NO.C2H6/c1-13-10-16(23)11-14-4-6-17-18-7-5-15(12-22)20(18,2)9-8-19(17)21(13,14)3;1-2/h11,13,15,17-19H,4-10H2,1-3H3;1-2H3/t13-,15+,17?,18?,19?,20+,21-;/m0./s1. The van der Waals surface area contributed by atoms with Crippen molar-refractivity contribution in [2.24, 2.45) is 40.4 Å². The number of carbonyl (C=O) groups excluding carboxylic acids is 1. The Morgan fingerprint density at radius 1 is 1.12 bits per heavy atom. The van der Waals surface area contributed by atoms with Gasteiger partial charge in [-0.1, -0.05) is 40.2 Å². The largest absolute Gasteiger partial charge is 0.295 e. The zero-order valence-electron chi connectivity index (χ0n) is 16.8. The van der Waals surface area contributed by atoms with Gasteiger partial charge in [-0.25, -0.2) is 0 Å². The monoisotopic (exact) mass is 341 g/mol. The predicted octanol–water partition coefficient (Wildman–Crippen LogP) is 5.93. The summed E-state index contributed by atoms with van der Waals surface area (Å²) < 4.78 is 0. The molecule has 0 N–H and O–H groups in total. The summed E-state index contributed by atoms with van der Waals surface area (Å²) in [7, 11) is 0. The van der Waals surface area contributed by atoms with Gasteiger partial charge in [0.1, 0.15) is 0 Å². The molecular formula is C23H35NO. The number of nitriles is 1. The van der Waals surface area contributed by atoms with Crippen molar-refractivity contribution in [2.45, 2.75) is 79.6 Å². The van der Waals surface area contributed by atoms with Gasteiger partial charge in [0.2, 0.25) is 0 Å². The van der Waals surface area contributed by atoms with Gasteiger partial charge in [0, 0.05) is 6.42 Å². The summed E-state index contributed by atoms with van der Waals surface area (Å²) in [4.78, 5) is 12.0. The molecule has 0 spiro atoms. The van der Waals surface area contributed by atoms with Gasteiger partial charge < -0.3 is 0 Å². The van der Waals surface area contributed by atoms with Crippen LogP contribution in [0.25, 0.3) is 0 Å². The molecule has 2 heteroatoms. The van der Waals surface area contributed by atoms with Crippen molar-refractivity contribution in [2.75, 3.05) is 0 Å². The minimum Gasteiger partial charge on any atom is -0.295 e. The highest BCUT2D eigenvalue weighted by molar-refractivity contribution is 5.92. The maximum Gasteiger partial charge on any atom is 0.155 e. The summed E-state index contributed by atoms with van der Waals surface area (Å²) in [5, 5.41) is 9.58. The number of hydrogen-bond donors (Lipinski definition) is 0. The first-order valence-corrected chi connectivity index (χ1v) is 10.5. The molecule has 4 aliphatic carbocycles. The predicted molar refractivity (Wildman–Crippen MR) is 102 cm³/mol. The summed E-state index contributed by atoms with van der Waals surface area (Å²) in [5.41, 5.74) is 1.92. The summed E-state index contributed by atoms with van der Waals surface area (Å²) in [5.74, 6) is 3.30. The van der Waals surface area contributed by atoms with E-state index in [0.717, 1.165) is 37.0 Å². The van der Waals surface area contributed by atoms with Crippen LogP contribution >= 0.6 is 0 Å². The molecule has 3 saturated carbocycles. The zero-order chi connectivity index (χ0) is 18.4. The molecule has 4 rings (SSSR count). The lowest BCUT2D eigenvalue weighted by Crippen LogP contribution is -2.52. The maximum atomic E-state index is 12.0. The molecule has 0 aliphatic heterocycles.